The fourth-order valence-electron chi connectivity index (χ4n) is 1.43. The molecule has 6 heteroatoms. The van der Waals surface area contributed by atoms with Crippen molar-refractivity contribution in [3.05, 3.63) is 34.1 Å². The van der Waals surface area contributed by atoms with Gasteiger partial charge in [0.15, 0.2) is 0 Å². The lowest BCUT2D eigenvalue weighted by atomic mass is 10.1. The van der Waals surface area contributed by atoms with Gasteiger partial charge in [0.1, 0.15) is 11.5 Å². The fourth-order valence-corrected chi connectivity index (χ4v) is 1.43. The van der Waals surface area contributed by atoms with Gasteiger partial charge in [-0.05, 0) is 12.1 Å². The molecule has 2 aromatic heterocycles. The molecule has 0 aromatic carbocycles. The number of rotatable bonds is 1. The van der Waals surface area contributed by atoms with E-state index in [-0.39, 0.29) is 17.0 Å². The van der Waals surface area contributed by atoms with Gasteiger partial charge < -0.3 is 15.5 Å². The van der Waals surface area contributed by atoms with Crippen LogP contribution in [0.1, 0.15) is 10.4 Å². The van der Waals surface area contributed by atoms with Gasteiger partial charge >= 0.3 is 5.97 Å². The van der Waals surface area contributed by atoms with Crippen molar-refractivity contribution in [1.82, 2.24) is 9.97 Å². The second kappa shape index (κ2) is 3.65. The molecule has 0 saturated carbocycles. The summed E-state index contributed by atoms with van der Waals surface area (Å²) in [5.74, 6) is -0.312. The highest BCUT2D eigenvalue weighted by atomic mass is 16.5. The zero-order valence-electron chi connectivity index (χ0n) is 8.48. The predicted molar refractivity (Wildman–Crippen MR) is 58.1 cm³/mol. The number of nitrogens with two attached hydrogens (primary N) is 1. The van der Waals surface area contributed by atoms with Crippen molar-refractivity contribution in [2.75, 3.05) is 12.8 Å². The number of carbonyl (C=O) groups is 1. The van der Waals surface area contributed by atoms with E-state index in [9.17, 15) is 9.59 Å². The van der Waals surface area contributed by atoms with Crippen LogP contribution >= 0.6 is 0 Å². The van der Waals surface area contributed by atoms with Gasteiger partial charge in [0.05, 0.1) is 12.7 Å². The minimum atomic E-state index is -0.581. The number of H-pyrrole nitrogens is 1. The lowest BCUT2D eigenvalue weighted by Gasteiger charge is -2.03. The third-order valence-corrected chi connectivity index (χ3v) is 2.13. The van der Waals surface area contributed by atoms with Gasteiger partial charge in [0.2, 0.25) is 5.56 Å². The number of aromatic nitrogens is 2. The summed E-state index contributed by atoms with van der Waals surface area (Å²) in [4.78, 5) is 29.1. The molecule has 2 rings (SSSR count). The topological polar surface area (TPSA) is 98.1 Å². The number of aromatic amines is 1. The van der Waals surface area contributed by atoms with Crippen molar-refractivity contribution in [1.29, 1.82) is 0 Å². The Bertz CT molecular complexity index is 618. The molecule has 0 radical (unpaired) electrons. The minimum absolute atomic E-state index is 0.175. The molecule has 0 unspecified atom stereocenters. The van der Waals surface area contributed by atoms with Crippen LogP contribution in [-0.2, 0) is 4.74 Å². The number of anilines is 1. The number of nitrogen functional groups attached to an aromatic ring is 1. The molecule has 0 saturated heterocycles. The Morgan fingerprint density at radius 2 is 2.25 bits per heavy atom. The quantitative estimate of drug-likeness (QED) is 0.672. The molecule has 0 bridgehead atoms. The monoisotopic (exact) mass is 219 g/mol. The average molecular weight is 219 g/mol. The molecule has 0 spiro atoms. The molecule has 0 aliphatic heterocycles. The number of fused-ring (bicyclic) bond motifs is 1. The van der Waals surface area contributed by atoms with E-state index in [1.165, 1.54) is 13.2 Å². The largest absolute Gasteiger partial charge is 0.465 e. The summed E-state index contributed by atoms with van der Waals surface area (Å²) in [6.45, 7) is 0. The first-order valence-electron chi connectivity index (χ1n) is 4.49. The van der Waals surface area contributed by atoms with Crippen LogP contribution in [0.15, 0.2) is 23.0 Å². The summed E-state index contributed by atoms with van der Waals surface area (Å²) in [5.41, 5.74) is 5.50. The van der Waals surface area contributed by atoms with E-state index >= 15 is 0 Å². The first kappa shape index (κ1) is 10.2. The number of carbonyl (C=O) groups excluding carboxylic acids is 1. The Balaban J connectivity index is 2.83. The van der Waals surface area contributed by atoms with E-state index in [2.05, 4.69) is 14.7 Å². The molecule has 0 fully saturated rings. The molecule has 6 nitrogen and oxygen atoms in total. The van der Waals surface area contributed by atoms with Crippen LogP contribution in [0.3, 0.4) is 0 Å². The van der Waals surface area contributed by atoms with Gasteiger partial charge in [0, 0.05) is 11.5 Å². The second-order valence-electron chi connectivity index (χ2n) is 3.17. The summed E-state index contributed by atoms with van der Waals surface area (Å²) < 4.78 is 4.58. The van der Waals surface area contributed by atoms with Crippen molar-refractivity contribution in [3.8, 4) is 0 Å². The maximum atomic E-state index is 11.4. The summed E-state index contributed by atoms with van der Waals surface area (Å²) in [6.07, 6.45) is 0. The number of hydrogen-bond donors (Lipinski definition) is 2. The van der Waals surface area contributed by atoms with Crippen LogP contribution in [-0.4, -0.2) is 23.0 Å². The van der Waals surface area contributed by atoms with Crippen LogP contribution in [0.4, 0.5) is 5.82 Å². The van der Waals surface area contributed by atoms with Gasteiger partial charge in [-0.1, -0.05) is 0 Å². The molecule has 3 N–H and O–H groups in total. The molecule has 0 aliphatic carbocycles. The third kappa shape index (κ3) is 1.60. The van der Waals surface area contributed by atoms with Crippen molar-refractivity contribution >= 4 is 22.8 Å². The molecule has 0 aliphatic rings. The van der Waals surface area contributed by atoms with Gasteiger partial charge in [-0.25, -0.2) is 9.78 Å². The zero-order valence-corrected chi connectivity index (χ0v) is 8.48. The van der Waals surface area contributed by atoms with Gasteiger partial charge in [-0.3, -0.25) is 4.79 Å². The van der Waals surface area contributed by atoms with Gasteiger partial charge in [0.25, 0.3) is 0 Å². The van der Waals surface area contributed by atoms with Crippen molar-refractivity contribution in [3.63, 3.8) is 0 Å². The van der Waals surface area contributed by atoms with Gasteiger partial charge in [-0.2, -0.15) is 0 Å². The molecule has 0 atom stereocenters. The van der Waals surface area contributed by atoms with E-state index in [4.69, 9.17) is 5.73 Å². The Labute approximate surface area is 90.1 Å². The average Bonchev–Trinajstić information content (AvgIpc) is 2.26. The zero-order chi connectivity index (χ0) is 11.7. The highest BCUT2D eigenvalue weighted by molar-refractivity contribution is 6.02. The summed E-state index contributed by atoms with van der Waals surface area (Å²) >= 11 is 0. The van der Waals surface area contributed by atoms with Crippen LogP contribution in [0.5, 0.6) is 0 Å². The van der Waals surface area contributed by atoms with Gasteiger partial charge in [-0.15, -0.1) is 0 Å². The first-order chi connectivity index (χ1) is 7.61. The van der Waals surface area contributed by atoms with E-state index < -0.39 is 11.5 Å². The van der Waals surface area contributed by atoms with E-state index in [1.54, 1.807) is 12.1 Å². The first-order valence-corrected chi connectivity index (χ1v) is 4.49. The number of nitrogens with zero attached hydrogens (tertiary/aromatic N) is 1. The Kier molecular flexibility index (Phi) is 2.32. The number of esters is 1. The Hall–Kier alpha value is -2.37. The standard InChI is InChI=1S/C10H9N3O3/c1-16-10(15)6-4-8(14)13-9-5(6)2-3-7(11)12-9/h2-4H,1H3,(H3,11,12,13,14). The Morgan fingerprint density at radius 1 is 1.50 bits per heavy atom. The number of methoxy groups -OCH3 is 1. The minimum Gasteiger partial charge on any atom is -0.465 e. The molecule has 82 valence electrons. The third-order valence-electron chi connectivity index (χ3n) is 2.13. The maximum Gasteiger partial charge on any atom is 0.338 e. The van der Waals surface area contributed by atoms with Crippen LogP contribution in [0.25, 0.3) is 11.0 Å². The molecule has 0 amide bonds. The normalized spacial score (nSPS) is 10.3. The predicted octanol–water partition coefficient (Wildman–Crippen LogP) is 0.292. The molecular formula is C10H9N3O3. The number of hydrogen-bond acceptors (Lipinski definition) is 5. The number of pyridine rings is 2. The molecular weight excluding hydrogens is 210 g/mol. The maximum absolute atomic E-state index is 11.4. The molecule has 2 aromatic rings. The van der Waals surface area contributed by atoms with Crippen molar-refractivity contribution in [2.24, 2.45) is 0 Å². The smallest absolute Gasteiger partial charge is 0.338 e. The lowest BCUT2D eigenvalue weighted by Crippen LogP contribution is -2.12. The summed E-state index contributed by atoms with van der Waals surface area (Å²) in [5, 5.41) is 0.501. The lowest BCUT2D eigenvalue weighted by molar-refractivity contribution is 0.0602. The van der Waals surface area contributed by atoms with Crippen LogP contribution < -0.4 is 11.3 Å². The SMILES string of the molecule is COC(=O)c1cc(=O)[nH]c2nc(N)ccc12. The molecule has 2 heterocycles. The van der Waals surface area contributed by atoms with E-state index in [0.29, 0.717) is 5.39 Å². The highest BCUT2D eigenvalue weighted by Crippen LogP contribution is 2.15. The van der Waals surface area contributed by atoms with Crippen molar-refractivity contribution < 1.29 is 9.53 Å². The summed E-state index contributed by atoms with van der Waals surface area (Å²) in [7, 11) is 1.25. The van der Waals surface area contributed by atoms with E-state index in [1.807, 2.05) is 0 Å². The number of nitrogens with one attached hydrogen (secondary N) is 1. The van der Waals surface area contributed by atoms with Crippen LogP contribution in [0, 0.1) is 0 Å². The van der Waals surface area contributed by atoms with Crippen LogP contribution in [0.2, 0.25) is 0 Å². The molecule has 16 heavy (non-hydrogen) atoms. The summed E-state index contributed by atoms with van der Waals surface area (Å²) in [6, 6.07) is 4.33. The Morgan fingerprint density at radius 3 is 2.94 bits per heavy atom. The fraction of sp³-hybridized carbons (Fsp3) is 0.100. The van der Waals surface area contributed by atoms with E-state index in [0.717, 1.165) is 0 Å². The van der Waals surface area contributed by atoms with Crippen molar-refractivity contribution in [2.45, 2.75) is 0 Å². The number of ether oxygens (including phenoxy) is 1. The highest BCUT2D eigenvalue weighted by Gasteiger charge is 2.12. The second-order valence-corrected chi connectivity index (χ2v) is 3.17.